The fraction of sp³-hybridized carbons (Fsp3) is 0.588. The van der Waals surface area contributed by atoms with E-state index in [2.05, 4.69) is 13.8 Å². The van der Waals surface area contributed by atoms with Crippen LogP contribution in [0.25, 0.3) is 0 Å². The summed E-state index contributed by atoms with van der Waals surface area (Å²) in [6.45, 7) is 15.5. The first-order chi connectivity index (χ1) is 20.7. The number of hydrogen-bond acceptors (Lipinski definition) is 7. The monoisotopic (exact) mass is 605 g/mol. The summed E-state index contributed by atoms with van der Waals surface area (Å²) in [4.78, 5) is 53.3. The maximum atomic E-state index is 14.2. The van der Waals surface area contributed by atoms with E-state index in [0.717, 1.165) is 23.2 Å². The summed E-state index contributed by atoms with van der Waals surface area (Å²) in [5, 5.41) is 10.7. The van der Waals surface area contributed by atoms with Crippen molar-refractivity contribution in [2.45, 2.75) is 104 Å². The van der Waals surface area contributed by atoms with Crippen LogP contribution < -0.4 is 4.90 Å². The molecule has 3 aliphatic heterocycles. The van der Waals surface area contributed by atoms with E-state index in [9.17, 15) is 19.5 Å². The van der Waals surface area contributed by atoms with Gasteiger partial charge in [-0.1, -0.05) is 51.5 Å². The Bertz CT molecular complexity index is 1390. The van der Waals surface area contributed by atoms with Gasteiger partial charge in [0, 0.05) is 55.9 Å². The second-order valence-corrected chi connectivity index (χ2v) is 14.2. The summed E-state index contributed by atoms with van der Waals surface area (Å²) in [5.41, 5.74) is 3.42. The Hall–Kier alpha value is -3.50. The van der Waals surface area contributed by atoms with Crippen molar-refractivity contribution in [3.05, 3.63) is 58.9 Å². The number of anilines is 1. The normalized spacial score (nSPS) is 22.0. The number of fused-ring (bicyclic) bond motifs is 2. The van der Waals surface area contributed by atoms with E-state index < -0.39 is 23.8 Å². The van der Waals surface area contributed by atoms with Crippen molar-refractivity contribution in [2.75, 3.05) is 31.1 Å². The highest BCUT2D eigenvalue weighted by atomic mass is 16.6. The predicted octanol–water partition coefficient (Wildman–Crippen LogP) is 4.39. The van der Waals surface area contributed by atoms with Gasteiger partial charge in [-0.25, -0.2) is 4.79 Å². The zero-order chi connectivity index (χ0) is 32.0. The molecule has 1 aromatic heterocycles. The molecule has 1 fully saturated rings. The highest BCUT2D eigenvalue weighted by Gasteiger charge is 2.45. The van der Waals surface area contributed by atoms with Gasteiger partial charge in [0.05, 0.1) is 24.0 Å². The predicted molar refractivity (Wildman–Crippen MR) is 168 cm³/mol. The second kappa shape index (κ2) is 12.1. The van der Waals surface area contributed by atoms with Crippen LogP contribution in [0.3, 0.4) is 0 Å². The van der Waals surface area contributed by atoms with Gasteiger partial charge >= 0.3 is 6.09 Å². The van der Waals surface area contributed by atoms with Crippen LogP contribution in [0.2, 0.25) is 0 Å². The first-order valence-electron chi connectivity index (χ1n) is 15.8. The molecule has 0 radical (unpaired) electrons. The lowest BCUT2D eigenvalue weighted by Crippen LogP contribution is -2.64. The van der Waals surface area contributed by atoms with E-state index in [1.807, 2.05) is 74.8 Å². The largest absolute Gasteiger partial charge is 0.444 e. The molecule has 0 aliphatic carbocycles. The SMILES string of the molecule is CCCC(O)c1cnc2c(c1)N(C(=O)CN1C[C@@H](C)N(C(=O)OC(C)(C)C)C[C@H]1C(=O)N1Cc3ccccc3C1)CC2(C)C. The van der Waals surface area contributed by atoms with E-state index in [-0.39, 0.29) is 36.4 Å². The molecule has 1 saturated heterocycles. The molecule has 1 N–H and O–H groups in total. The number of aliphatic hydroxyl groups is 1. The van der Waals surface area contributed by atoms with Crippen LogP contribution >= 0.6 is 0 Å². The summed E-state index contributed by atoms with van der Waals surface area (Å²) in [6, 6.07) is 8.93. The lowest BCUT2D eigenvalue weighted by Gasteiger charge is -2.45. The number of carbonyl (C=O) groups excluding carboxylic acids is 3. The Labute approximate surface area is 261 Å². The van der Waals surface area contributed by atoms with Crippen molar-refractivity contribution in [2.24, 2.45) is 0 Å². The molecule has 44 heavy (non-hydrogen) atoms. The Morgan fingerprint density at radius 3 is 2.39 bits per heavy atom. The number of benzene rings is 1. The van der Waals surface area contributed by atoms with E-state index >= 15 is 0 Å². The smallest absolute Gasteiger partial charge is 0.410 e. The third-order valence-electron chi connectivity index (χ3n) is 8.87. The molecule has 0 spiro atoms. The minimum atomic E-state index is -0.706. The molecule has 3 atom stereocenters. The highest BCUT2D eigenvalue weighted by Crippen LogP contribution is 2.40. The topological polar surface area (TPSA) is 107 Å². The van der Waals surface area contributed by atoms with Crippen molar-refractivity contribution in [3.8, 4) is 0 Å². The standard InChI is InChI=1S/C34H47N5O5/c1-8-11-28(40)25-14-26-30(35-15-25)34(6,7)21-39(26)29(41)20-36-16-22(2)38(32(43)44-33(3,4)5)19-27(36)31(42)37-17-23-12-9-10-13-24(23)18-37/h9-10,12-15,22,27-28,40H,8,11,16-21H2,1-7H3/t22-,27+,28?/m1/s1. The number of nitrogens with zero attached hydrogens (tertiary/aromatic N) is 5. The summed E-state index contributed by atoms with van der Waals surface area (Å²) in [7, 11) is 0. The van der Waals surface area contributed by atoms with Gasteiger partial charge in [-0.2, -0.15) is 0 Å². The number of carbonyl (C=O) groups is 3. The summed E-state index contributed by atoms with van der Waals surface area (Å²) in [6.07, 6.45) is 2.05. The zero-order valence-electron chi connectivity index (χ0n) is 27.2. The molecule has 0 bridgehead atoms. The average Bonchev–Trinajstić information content (AvgIpc) is 3.50. The van der Waals surface area contributed by atoms with Gasteiger partial charge in [-0.05, 0) is 51.3 Å². The summed E-state index contributed by atoms with van der Waals surface area (Å²) < 4.78 is 5.70. The zero-order valence-corrected chi connectivity index (χ0v) is 27.2. The molecule has 1 aromatic carbocycles. The average molecular weight is 606 g/mol. The third kappa shape index (κ3) is 6.47. The van der Waals surface area contributed by atoms with Crippen molar-refractivity contribution < 1.29 is 24.2 Å². The fourth-order valence-electron chi connectivity index (χ4n) is 6.59. The number of rotatable bonds is 6. The van der Waals surface area contributed by atoms with Gasteiger partial charge in [-0.15, -0.1) is 0 Å². The first kappa shape index (κ1) is 31.9. The molecule has 1 unspecified atom stereocenters. The molecule has 10 heteroatoms. The number of pyridine rings is 1. The number of aromatic nitrogens is 1. The molecule has 5 rings (SSSR count). The van der Waals surface area contributed by atoms with E-state index in [4.69, 9.17) is 9.72 Å². The van der Waals surface area contributed by atoms with E-state index in [0.29, 0.717) is 43.9 Å². The lowest BCUT2D eigenvalue weighted by atomic mass is 9.91. The van der Waals surface area contributed by atoms with Crippen molar-refractivity contribution in [1.82, 2.24) is 19.7 Å². The molecule has 4 heterocycles. The van der Waals surface area contributed by atoms with Gasteiger partial charge in [0.25, 0.3) is 0 Å². The maximum Gasteiger partial charge on any atom is 0.410 e. The van der Waals surface area contributed by atoms with Crippen molar-refractivity contribution in [1.29, 1.82) is 0 Å². The van der Waals surface area contributed by atoms with E-state index in [1.165, 1.54) is 0 Å². The Balaban J connectivity index is 1.40. The van der Waals surface area contributed by atoms with Gasteiger partial charge < -0.3 is 24.5 Å². The van der Waals surface area contributed by atoms with Crippen LogP contribution in [0.4, 0.5) is 10.5 Å². The second-order valence-electron chi connectivity index (χ2n) is 14.2. The van der Waals surface area contributed by atoms with Crippen molar-refractivity contribution >= 4 is 23.6 Å². The molecule has 0 saturated carbocycles. The number of amides is 3. The minimum absolute atomic E-state index is 0.0148. The van der Waals surface area contributed by atoms with Gasteiger partial charge in [0.2, 0.25) is 11.8 Å². The Morgan fingerprint density at radius 1 is 1.11 bits per heavy atom. The van der Waals surface area contributed by atoms with Crippen molar-refractivity contribution in [3.63, 3.8) is 0 Å². The quantitative estimate of drug-likeness (QED) is 0.521. The number of ether oxygens (including phenoxy) is 1. The molecule has 3 aliphatic rings. The van der Waals surface area contributed by atoms with Crippen LogP contribution in [-0.2, 0) is 32.8 Å². The first-order valence-corrected chi connectivity index (χ1v) is 15.8. The highest BCUT2D eigenvalue weighted by molar-refractivity contribution is 5.98. The molecule has 3 amide bonds. The van der Waals surface area contributed by atoms with Gasteiger partial charge in [0.1, 0.15) is 11.6 Å². The van der Waals surface area contributed by atoms with E-state index in [1.54, 1.807) is 16.0 Å². The Kier molecular flexibility index (Phi) is 8.79. The summed E-state index contributed by atoms with van der Waals surface area (Å²) in [5.74, 6) is -0.246. The van der Waals surface area contributed by atoms with Crippen LogP contribution in [0.5, 0.6) is 0 Å². The fourth-order valence-corrected chi connectivity index (χ4v) is 6.59. The van der Waals surface area contributed by atoms with Crippen LogP contribution in [0.15, 0.2) is 36.5 Å². The minimum Gasteiger partial charge on any atom is -0.444 e. The lowest BCUT2D eigenvalue weighted by molar-refractivity contribution is -0.141. The molecular formula is C34H47N5O5. The van der Waals surface area contributed by atoms with Gasteiger partial charge in [-0.3, -0.25) is 19.5 Å². The number of hydrogen-bond donors (Lipinski definition) is 1. The molecule has 238 valence electrons. The van der Waals surface area contributed by atoms with Crippen LogP contribution in [0.1, 0.15) is 89.8 Å². The van der Waals surface area contributed by atoms with Crippen LogP contribution in [0, 0.1) is 0 Å². The third-order valence-corrected chi connectivity index (χ3v) is 8.87. The van der Waals surface area contributed by atoms with Gasteiger partial charge in [0.15, 0.2) is 0 Å². The van der Waals surface area contributed by atoms with Crippen LogP contribution in [-0.4, -0.2) is 86.6 Å². The Morgan fingerprint density at radius 2 is 1.77 bits per heavy atom. The number of aliphatic hydroxyl groups excluding tert-OH is 1. The summed E-state index contributed by atoms with van der Waals surface area (Å²) >= 11 is 0. The maximum absolute atomic E-state index is 14.2. The molecule has 2 aromatic rings. The number of piperazine rings is 1. The molecular weight excluding hydrogens is 558 g/mol. The molecule has 10 nitrogen and oxygen atoms in total.